The molecular weight excluding hydrogens is 394 g/mol. The van der Waals surface area contributed by atoms with Crippen LogP contribution in [0.3, 0.4) is 0 Å². The van der Waals surface area contributed by atoms with Gasteiger partial charge in [0.2, 0.25) is 0 Å². The summed E-state index contributed by atoms with van der Waals surface area (Å²) in [6.07, 6.45) is 2.00. The Hall–Kier alpha value is -3.48. The normalized spacial score (nSPS) is 16.4. The molecule has 0 radical (unpaired) electrons. The SMILES string of the molecule is COc1ccc(C2=C(N3CCCC3)C(=O)N(c3cccc(N(C)C)c3)C2=O)cc1OC. The lowest BCUT2D eigenvalue weighted by Crippen LogP contribution is -2.34. The first kappa shape index (κ1) is 20.8. The van der Waals surface area contributed by atoms with Gasteiger partial charge >= 0.3 is 0 Å². The van der Waals surface area contributed by atoms with Crippen molar-refractivity contribution in [3.63, 3.8) is 0 Å². The zero-order valence-corrected chi connectivity index (χ0v) is 18.3. The molecule has 0 saturated carbocycles. The van der Waals surface area contributed by atoms with Crippen LogP contribution >= 0.6 is 0 Å². The fourth-order valence-electron chi connectivity index (χ4n) is 4.15. The molecule has 2 heterocycles. The highest BCUT2D eigenvalue weighted by Crippen LogP contribution is 2.39. The Morgan fingerprint density at radius 2 is 1.58 bits per heavy atom. The van der Waals surface area contributed by atoms with Gasteiger partial charge in [0.05, 0.1) is 25.5 Å². The van der Waals surface area contributed by atoms with Crippen molar-refractivity contribution in [2.75, 3.05) is 51.2 Å². The Balaban J connectivity index is 1.83. The van der Waals surface area contributed by atoms with Crippen molar-refractivity contribution in [1.29, 1.82) is 0 Å². The molecule has 2 aliphatic heterocycles. The van der Waals surface area contributed by atoms with Crippen molar-refractivity contribution >= 4 is 28.8 Å². The number of ether oxygens (including phenoxy) is 2. The van der Waals surface area contributed by atoms with Crippen LogP contribution in [-0.4, -0.2) is 58.1 Å². The fraction of sp³-hybridized carbons (Fsp3) is 0.333. The van der Waals surface area contributed by atoms with E-state index in [1.165, 1.54) is 4.90 Å². The monoisotopic (exact) mass is 421 g/mol. The summed E-state index contributed by atoms with van der Waals surface area (Å²) in [6.45, 7) is 1.52. The Kier molecular flexibility index (Phi) is 5.59. The lowest BCUT2D eigenvalue weighted by molar-refractivity contribution is -0.120. The number of nitrogens with zero attached hydrogens (tertiary/aromatic N) is 3. The summed E-state index contributed by atoms with van der Waals surface area (Å²) in [4.78, 5) is 32.5. The molecule has 162 valence electrons. The summed E-state index contributed by atoms with van der Waals surface area (Å²) < 4.78 is 10.8. The van der Waals surface area contributed by atoms with E-state index in [0.717, 1.165) is 31.6 Å². The van der Waals surface area contributed by atoms with Crippen LogP contribution in [0.1, 0.15) is 18.4 Å². The van der Waals surface area contributed by atoms with Crippen LogP contribution in [0.5, 0.6) is 11.5 Å². The highest BCUT2D eigenvalue weighted by Gasteiger charge is 2.43. The average molecular weight is 421 g/mol. The summed E-state index contributed by atoms with van der Waals surface area (Å²) >= 11 is 0. The van der Waals surface area contributed by atoms with E-state index >= 15 is 0 Å². The van der Waals surface area contributed by atoms with Gasteiger partial charge in [-0.05, 0) is 48.7 Å². The third-order valence-electron chi connectivity index (χ3n) is 5.76. The van der Waals surface area contributed by atoms with Crippen LogP contribution in [-0.2, 0) is 9.59 Å². The number of imide groups is 1. The number of hydrogen-bond acceptors (Lipinski definition) is 6. The van der Waals surface area contributed by atoms with Crippen LogP contribution in [0.4, 0.5) is 11.4 Å². The molecule has 0 unspecified atom stereocenters. The second-order valence-electron chi connectivity index (χ2n) is 7.85. The second-order valence-corrected chi connectivity index (χ2v) is 7.85. The zero-order chi connectivity index (χ0) is 22.1. The molecule has 0 aromatic heterocycles. The minimum absolute atomic E-state index is 0.285. The summed E-state index contributed by atoms with van der Waals surface area (Å²) in [5, 5.41) is 0. The van der Waals surface area contributed by atoms with E-state index in [0.29, 0.717) is 34.0 Å². The first-order chi connectivity index (χ1) is 15.0. The van der Waals surface area contributed by atoms with Crippen molar-refractivity contribution in [1.82, 2.24) is 4.90 Å². The maximum absolute atomic E-state index is 13.7. The minimum atomic E-state index is -0.324. The van der Waals surface area contributed by atoms with Crippen LogP contribution in [0, 0.1) is 0 Å². The average Bonchev–Trinajstić information content (AvgIpc) is 3.39. The van der Waals surface area contributed by atoms with E-state index < -0.39 is 0 Å². The molecule has 2 aliphatic rings. The van der Waals surface area contributed by atoms with E-state index in [4.69, 9.17) is 9.47 Å². The minimum Gasteiger partial charge on any atom is -0.493 e. The summed E-state index contributed by atoms with van der Waals surface area (Å²) in [5.41, 5.74) is 2.99. The van der Waals surface area contributed by atoms with Crippen LogP contribution < -0.4 is 19.3 Å². The molecule has 2 amide bonds. The molecule has 4 rings (SSSR count). The van der Waals surface area contributed by atoms with E-state index in [9.17, 15) is 9.59 Å². The molecule has 0 aliphatic carbocycles. The predicted molar refractivity (Wildman–Crippen MR) is 121 cm³/mol. The van der Waals surface area contributed by atoms with Gasteiger partial charge in [-0.2, -0.15) is 0 Å². The molecule has 2 aromatic carbocycles. The Morgan fingerprint density at radius 3 is 2.23 bits per heavy atom. The number of methoxy groups -OCH3 is 2. The van der Waals surface area contributed by atoms with E-state index in [1.807, 2.05) is 42.1 Å². The first-order valence-corrected chi connectivity index (χ1v) is 10.3. The second kappa shape index (κ2) is 8.34. The van der Waals surface area contributed by atoms with Gasteiger partial charge in [-0.1, -0.05) is 12.1 Å². The van der Waals surface area contributed by atoms with Gasteiger partial charge in [0.15, 0.2) is 11.5 Å². The largest absolute Gasteiger partial charge is 0.493 e. The van der Waals surface area contributed by atoms with Gasteiger partial charge < -0.3 is 19.3 Å². The van der Waals surface area contributed by atoms with Crippen molar-refractivity contribution in [2.45, 2.75) is 12.8 Å². The highest BCUT2D eigenvalue weighted by molar-refractivity contribution is 6.45. The van der Waals surface area contributed by atoms with Crippen molar-refractivity contribution in [2.24, 2.45) is 0 Å². The van der Waals surface area contributed by atoms with Crippen LogP contribution in [0.25, 0.3) is 5.57 Å². The Morgan fingerprint density at radius 1 is 0.871 bits per heavy atom. The smallest absolute Gasteiger partial charge is 0.282 e. The number of benzene rings is 2. The number of amides is 2. The van der Waals surface area contributed by atoms with Gasteiger partial charge in [-0.3, -0.25) is 9.59 Å². The third kappa shape index (κ3) is 3.60. The predicted octanol–water partition coefficient (Wildman–Crippen LogP) is 3.15. The molecule has 0 atom stereocenters. The quantitative estimate of drug-likeness (QED) is 0.668. The number of carbonyl (C=O) groups is 2. The Labute approximate surface area is 182 Å². The topological polar surface area (TPSA) is 62.3 Å². The third-order valence-corrected chi connectivity index (χ3v) is 5.76. The van der Waals surface area contributed by atoms with E-state index in [1.54, 1.807) is 38.5 Å². The number of likely N-dealkylation sites (tertiary alicyclic amines) is 1. The van der Waals surface area contributed by atoms with Crippen LogP contribution in [0.2, 0.25) is 0 Å². The van der Waals surface area contributed by atoms with E-state index in [-0.39, 0.29) is 11.8 Å². The molecule has 2 aromatic rings. The van der Waals surface area contributed by atoms with Gasteiger partial charge in [0, 0.05) is 32.9 Å². The molecule has 7 nitrogen and oxygen atoms in total. The lowest BCUT2D eigenvalue weighted by Gasteiger charge is -2.21. The molecule has 0 N–H and O–H groups in total. The van der Waals surface area contributed by atoms with Gasteiger partial charge in [-0.25, -0.2) is 4.90 Å². The van der Waals surface area contributed by atoms with Crippen molar-refractivity contribution < 1.29 is 19.1 Å². The van der Waals surface area contributed by atoms with Crippen molar-refractivity contribution in [3.05, 3.63) is 53.7 Å². The molecule has 0 bridgehead atoms. The van der Waals surface area contributed by atoms with Crippen molar-refractivity contribution in [3.8, 4) is 11.5 Å². The Bertz CT molecular complexity index is 1050. The fourth-order valence-corrected chi connectivity index (χ4v) is 4.15. The molecule has 0 spiro atoms. The lowest BCUT2D eigenvalue weighted by atomic mass is 10.0. The molecule has 31 heavy (non-hydrogen) atoms. The zero-order valence-electron chi connectivity index (χ0n) is 18.3. The number of rotatable bonds is 6. The maximum atomic E-state index is 13.7. The molecule has 1 saturated heterocycles. The van der Waals surface area contributed by atoms with Crippen LogP contribution in [0.15, 0.2) is 48.2 Å². The number of hydrogen-bond donors (Lipinski definition) is 0. The van der Waals surface area contributed by atoms with Gasteiger partial charge in [0.25, 0.3) is 11.8 Å². The summed E-state index contributed by atoms with van der Waals surface area (Å²) in [5.74, 6) is 0.478. The molecule has 1 fully saturated rings. The van der Waals surface area contributed by atoms with Gasteiger partial charge in [-0.15, -0.1) is 0 Å². The first-order valence-electron chi connectivity index (χ1n) is 10.3. The molecular formula is C24H27N3O4. The number of carbonyl (C=O) groups excluding carboxylic acids is 2. The summed E-state index contributed by atoms with van der Waals surface area (Å²) in [7, 11) is 6.97. The highest BCUT2D eigenvalue weighted by atomic mass is 16.5. The van der Waals surface area contributed by atoms with E-state index in [2.05, 4.69) is 0 Å². The standard InChI is InChI=1S/C24H27N3O4/c1-25(2)17-8-7-9-18(15-17)27-23(28)21(22(24(27)29)26-12-5-6-13-26)16-10-11-19(30-3)20(14-16)31-4/h7-11,14-15H,5-6,12-13H2,1-4H3. The summed E-state index contributed by atoms with van der Waals surface area (Å²) in [6, 6.07) is 12.8. The molecule has 7 heteroatoms. The maximum Gasteiger partial charge on any atom is 0.282 e. The van der Waals surface area contributed by atoms with Gasteiger partial charge in [0.1, 0.15) is 5.70 Å². The number of anilines is 2.